The molecule has 0 unspecified atom stereocenters. The van der Waals surface area contributed by atoms with E-state index in [-0.39, 0.29) is 16.2 Å². The smallest absolute Gasteiger partial charge is 0.440 e. The van der Waals surface area contributed by atoms with Crippen molar-refractivity contribution < 1.29 is 32.3 Å². The van der Waals surface area contributed by atoms with Gasteiger partial charge in [-0.1, -0.05) is 12.1 Å². The third-order valence-corrected chi connectivity index (χ3v) is 3.30. The lowest BCUT2D eigenvalue weighted by atomic mass is 10.1. The van der Waals surface area contributed by atoms with E-state index in [1.807, 2.05) is 0 Å². The Labute approximate surface area is 128 Å². The number of halogens is 3. The summed E-state index contributed by atoms with van der Waals surface area (Å²) in [4.78, 5) is 35.7. The van der Waals surface area contributed by atoms with Crippen molar-refractivity contribution in [3.8, 4) is 5.75 Å². The number of urea groups is 1. The van der Waals surface area contributed by atoms with Gasteiger partial charge in [-0.3, -0.25) is 19.8 Å². The summed E-state index contributed by atoms with van der Waals surface area (Å²) in [6, 6.07) is 4.26. The molecule has 0 aromatic heterocycles. The molecule has 1 saturated heterocycles. The Morgan fingerprint density at radius 2 is 1.91 bits per heavy atom. The first-order valence-corrected chi connectivity index (χ1v) is 6.26. The monoisotopic (exact) mass is 331 g/mol. The maximum atomic E-state index is 13.4. The molecule has 1 fully saturated rings. The molecule has 0 spiro atoms. The number of nitrogens with one attached hydrogen (secondary N) is 2. The predicted octanol–water partition coefficient (Wildman–Crippen LogP) is 0.865. The highest BCUT2D eigenvalue weighted by Crippen LogP contribution is 2.33. The summed E-state index contributed by atoms with van der Waals surface area (Å²) in [5.74, 6) is -2.82. The topological polar surface area (TPSA) is 87.7 Å². The molecule has 1 aromatic carbocycles. The molecule has 1 atom stereocenters. The maximum absolute atomic E-state index is 13.4. The molecule has 0 saturated carbocycles. The van der Waals surface area contributed by atoms with Crippen LogP contribution in [0.25, 0.3) is 0 Å². The van der Waals surface area contributed by atoms with Crippen molar-refractivity contribution in [2.45, 2.75) is 11.8 Å². The van der Waals surface area contributed by atoms with Gasteiger partial charge in [-0.05, 0) is 12.1 Å². The fraction of sp³-hybridized carbons (Fsp3) is 0.308. The minimum Gasteiger partial charge on any atom is -0.496 e. The lowest BCUT2D eigenvalue weighted by Gasteiger charge is -2.29. The summed E-state index contributed by atoms with van der Waals surface area (Å²) in [5, 5.41) is 3.05. The van der Waals surface area contributed by atoms with E-state index in [1.165, 1.54) is 36.7 Å². The molecule has 1 aromatic rings. The van der Waals surface area contributed by atoms with Gasteiger partial charge in [0.15, 0.2) is 0 Å². The number of hydrogen-bond acceptors (Lipinski definition) is 4. The van der Waals surface area contributed by atoms with Crippen LogP contribution in [0, 0.1) is 0 Å². The fourth-order valence-corrected chi connectivity index (χ4v) is 2.06. The van der Waals surface area contributed by atoms with Crippen molar-refractivity contribution >= 4 is 17.8 Å². The highest BCUT2D eigenvalue weighted by molar-refractivity contribution is 6.10. The molecule has 0 bridgehead atoms. The van der Waals surface area contributed by atoms with E-state index in [9.17, 15) is 27.6 Å². The van der Waals surface area contributed by atoms with Crippen LogP contribution in [-0.4, -0.2) is 48.7 Å². The van der Waals surface area contributed by atoms with Crippen LogP contribution in [0.2, 0.25) is 0 Å². The van der Waals surface area contributed by atoms with Crippen LogP contribution in [0.3, 0.4) is 0 Å². The highest BCUT2D eigenvalue weighted by atomic mass is 19.4. The number of hydrogen-bond donors (Lipinski definition) is 2. The Hall–Kier alpha value is -2.78. The van der Waals surface area contributed by atoms with Crippen LogP contribution >= 0.6 is 0 Å². The van der Waals surface area contributed by atoms with E-state index in [1.54, 1.807) is 5.32 Å². The fourth-order valence-electron chi connectivity index (χ4n) is 2.06. The van der Waals surface area contributed by atoms with E-state index in [2.05, 4.69) is 0 Å². The number of nitrogens with zero attached hydrogens (tertiary/aromatic N) is 1. The van der Waals surface area contributed by atoms with Gasteiger partial charge in [-0.25, -0.2) is 4.79 Å². The number of carbonyl (C=O) groups is 3. The van der Waals surface area contributed by atoms with Crippen LogP contribution in [0.15, 0.2) is 24.3 Å². The summed E-state index contributed by atoms with van der Waals surface area (Å²) in [5.41, 5.74) is -3.73. The Morgan fingerprint density at radius 1 is 1.30 bits per heavy atom. The third-order valence-electron chi connectivity index (χ3n) is 3.30. The summed E-state index contributed by atoms with van der Waals surface area (Å²) in [6.45, 7) is 0. The second-order valence-corrected chi connectivity index (χ2v) is 4.70. The summed E-state index contributed by atoms with van der Waals surface area (Å²) in [6.07, 6.45) is -5.23. The van der Waals surface area contributed by atoms with Crippen LogP contribution in [0.4, 0.5) is 18.0 Å². The number of alkyl halides is 3. The zero-order valence-electron chi connectivity index (χ0n) is 12.0. The number of rotatable bonds is 3. The Morgan fingerprint density at radius 3 is 2.39 bits per heavy atom. The first-order valence-electron chi connectivity index (χ1n) is 6.26. The number of imide groups is 1. The SMILES string of the molecule is COc1ccccc1C(=O)N[C@@]1(C(F)(F)F)NC(=O)N(C)C1=O. The minimum atomic E-state index is -5.23. The van der Waals surface area contributed by atoms with Gasteiger partial charge in [-0.2, -0.15) is 13.2 Å². The van der Waals surface area contributed by atoms with Gasteiger partial charge in [-0.15, -0.1) is 0 Å². The number of benzene rings is 1. The van der Waals surface area contributed by atoms with Crippen molar-refractivity contribution in [2.24, 2.45) is 0 Å². The molecule has 10 heteroatoms. The van der Waals surface area contributed by atoms with Crippen LogP contribution in [0.1, 0.15) is 10.4 Å². The van der Waals surface area contributed by atoms with Gasteiger partial charge in [0.2, 0.25) is 0 Å². The van der Waals surface area contributed by atoms with Gasteiger partial charge in [0.05, 0.1) is 12.7 Å². The standard InChI is InChI=1S/C13H12F3N3O4/c1-19-10(21)12(13(14,15)16,18-11(19)22)17-9(20)7-5-3-4-6-8(7)23-2/h3-6H,1-2H3,(H,17,20)(H,18,22)/t12-/m1/s1. The zero-order valence-corrected chi connectivity index (χ0v) is 12.0. The first-order chi connectivity index (χ1) is 10.6. The number of para-hydroxylation sites is 1. The van der Waals surface area contributed by atoms with Crippen molar-refractivity contribution in [3.05, 3.63) is 29.8 Å². The first kappa shape index (κ1) is 16.6. The highest BCUT2D eigenvalue weighted by Gasteiger charge is 2.68. The lowest BCUT2D eigenvalue weighted by Crippen LogP contribution is -2.69. The number of likely N-dealkylation sites (N-methyl/N-ethyl adjacent to an activating group) is 1. The van der Waals surface area contributed by atoms with E-state index in [4.69, 9.17) is 4.74 Å². The molecule has 1 aliphatic heterocycles. The van der Waals surface area contributed by atoms with Gasteiger partial charge < -0.3 is 10.1 Å². The van der Waals surface area contributed by atoms with Crippen molar-refractivity contribution in [3.63, 3.8) is 0 Å². The molecule has 0 aliphatic carbocycles. The predicted molar refractivity (Wildman–Crippen MR) is 70.5 cm³/mol. The normalized spacial score (nSPS) is 21.2. The molecule has 7 nitrogen and oxygen atoms in total. The molecular formula is C13H12F3N3O4. The minimum absolute atomic E-state index is 0.0208. The molecule has 1 aliphatic rings. The zero-order chi connectivity index (χ0) is 17.4. The Kier molecular flexibility index (Phi) is 3.93. The second kappa shape index (κ2) is 5.45. The number of ether oxygens (including phenoxy) is 1. The summed E-state index contributed by atoms with van der Waals surface area (Å²) < 4.78 is 45.0. The average molecular weight is 331 g/mol. The molecule has 124 valence electrons. The van der Waals surface area contributed by atoms with Crippen LogP contribution < -0.4 is 15.4 Å². The average Bonchev–Trinajstić information content (AvgIpc) is 2.71. The van der Waals surface area contributed by atoms with E-state index in [0.29, 0.717) is 0 Å². The number of carbonyl (C=O) groups excluding carboxylic acids is 3. The summed E-state index contributed by atoms with van der Waals surface area (Å²) >= 11 is 0. The molecule has 2 rings (SSSR count). The Bertz CT molecular complexity index is 677. The Balaban J connectivity index is 2.43. The summed E-state index contributed by atoms with van der Waals surface area (Å²) in [7, 11) is 2.11. The lowest BCUT2D eigenvalue weighted by molar-refractivity contribution is -0.199. The quantitative estimate of drug-likeness (QED) is 0.805. The van der Waals surface area contributed by atoms with E-state index >= 15 is 0 Å². The van der Waals surface area contributed by atoms with Crippen molar-refractivity contribution in [1.82, 2.24) is 15.5 Å². The molecular weight excluding hydrogens is 319 g/mol. The second-order valence-electron chi connectivity index (χ2n) is 4.70. The maximum Gasteiger partial charge on any atom is 0.440 e. The van der Waals surface area contributed by atoms with Crippen LogP contribution in [0.5, 0.6) is 5.75 Å². The van der Waals surface area contributed by atoms with Crippen molar-refractivity contribution in [2.75, 3.05) is 14.2 Å². The number of amides is 4. The number of methoxy groups -OCH3 is 1. The van der Waals surface area contributed by atoms with Gasteiger partial charge in [0.25, 0.3) is 17.5 Å². The van der Waals surface area contributed by atoms with Gasteiger partial charge in [0, 0.05) is 7.05 Å². The molecule has 23 heavy (non-hydrogen) atoms. The molecule has 0 radical (unpaired) electrons. The molecule has 2 N–H and O–H groups in total. The van der Waals surface area contributed by atoms with Crippen LogP contribution in [-0.2, 0) is 4.79 Å². The molecule has 4 amide bonds. The van der Waals surface area contributed by atoms with E-state index < -0.39 is 29.7 Å². The van der Waals surface area contributed by atoms with E-state index in [0.717, 1.165) is 7.05 Å². The molecule has 1 heterocycles. The largest absolute Gasteiger partial charge is 0.496 e. The van der Waals surface area contributed by atoms with Gasteiger partial charge in [0.1, 0.15) is 5.75 Å². The van der Waals surface area contributed by atoms with Gasteiger partial charge >= 0.3 is 12.2 Å². The third kappa shape index (κ3) is 2.56. The van der Waals surface area contributed by atoms with Crippen molar-refractivity contribution in [1.29, 1.82) is 0 Å².